The van der Waals surface area contributed by atoms with Gasteiger partial charge in [-0.1, -0.05) is 6.92 Å². The first-order valence-electron chi connectivity index (χ1n) is 9.15. The molecule has 0 rings (SSSR count). The van der Waals surface area contributed by atoms with Crippen LogP contribution in [0, 0.1) is 0 Å². The van der Waals surface area contributed by atoms with E-state index < -0.39 is 33.7 Å². The first-order valence-corrected chi connectivity index (χ1v) is 12.9. The van der Waals surface area contributed by atoms with Crippen LogP contribution in [0.4, 0.5) is 0 Å². The molecule has 0 heterocycles. The maximum absolute atomic E-state index is 10.2. The van der Waals surface area contributed by atoms with Crippen molar-refractivity contribution in [2.75, 3.05) is 13.2 Å². The molecular weight excluding hydrogens is 391 g/mol. The fourth-order valence-electron chi connectivity index (χ4n) is 2.06. The van der Waals surface area contributed by atoms with Gasteiger partial charge in [0, 0.05) is 0 Å². The Morgan fingerprint density at radius 1 is 0.962 bits per heavy atom. The van der Waals surface area contributed by atoms with Crippen molar-refractivity contribution < 1.29 is 37.5 Å². The van der Waals surface area contributed by atoms with Crippen LogP contribution in [0.1, 0.15) is 64.7 Å². The molecule has 0 amide bonds. The topological polar surface area (TPSA) is 138 Å². The fraction of sp³-hybridized carbons (Fsp3) is 0.875. The number of hydrogen-bond acceptors (Lipinski definition) is 5. The van der Waals surface area contributed by atoms with Crippen LogP contribution in [0.15, 0.2) is 0 Å². The number of unbranched alkanes of at least 4 members (excludes halogenated alkanes) is 7. The van der Waals surface area contributed by atoms with E-state index in [0.717, 1.165) is 62.2 Å². The Morgan fingerprint density at radius 2 is 1.46 bits per heavy atom. The Bertz CT molecular complexity index is 455. The second kappa shape index (κ2) is 18.8. The van der Waals surface area contributed by atoms with E-state index in [-0.39, 0.29) is 0 Å². The van der Waals surface area contributed by atoms with E-state index in [1.54, 1.807) is 0 Å². The SMILES string of the molecule is CCCCCCCCCCOC[CH2][K].O=C(O)CC(C(=O)O)S(=O)(=O)O. The number of hydrogen-bond donors (Lipinski definition) is 3. The van der Waals surface area contributed by atoms with Gasteiger partial charge in [-0.3, -0.25) is 14.1 Å². The summed E-state index contributed by atoms with van der Waals surface area (Å²) in [5.41, 5.74) is 0. The molecule has 0 radical (unpaired) electrons. The maximum atomic E-state index is 10.2. The Labute approximate surface area is 190 Å². The Balaban J connectivity index is 0. The van der Waals surface area contributed by atoms with Crippen molar-refractivity contribution in [3.05, 3.63) is 0 Å². The number of ether oxygens (including phenoxy) is 1. The molecule has 1 unspecified atom stereocenters. The van der Waals surface area contributed by atoms with Crippen molar-refractivity contribution in [3.8, 4) is 0 Å². The molecule has 10 heteroatoms. The standard InChI is InChI=1S/C12H25O.C4H6O7S.K/c1-3-5-6-7-8-9-10-11-12-13-4-2;5-3(6)1-2(4(7)8)12(9,10)11;/h2-12H2,1H3;2H,1H2,(H,5,6)(H,7,8)(H,9,10,11);. The smallest absolute Gasteiger partial charge is 0.325 e. The Kier molecular flexibility index (Phi) is 20.7. The van der Waals surface area contributed by atoms with Crippen LogP contribution < -0.4 is 0 Å². The summed E-state index contributed by atoms with van der Waals surface area (Å²) in [6.45, 7) is 4.30. The van der Waals surface area contributed by atoms with Crippen molar-refractivity contribution in [1.29, 1.82) is 0 Å². The molecule has 0 fully saturated rings. The van der Waals surface area contributed by atoms with Gasteiger partial charge >= 0.3 is 131 Å². The minimum Gasteiger partial charge on any atom is -0.481 e. The predicted molar refractivity (Wildman–Crippen MR) is 99.2 cm³/mol. The second-order valence-electron chi connectivity index (χ2n) is 6.03. The molecule has 0 aliphatic heterocycles. The first kappa shape index (κ1) is 28.7. The van der Waals surface area contributed by atoms with E-state index in [2.05, 4.69) is 6.92 Å². The molecule has 8 nitrogen and oxygen atoms in total. The minimum absolute atomic E-state index is 0.978. The molecule has 26 heavy (non-hydrogen) atoms. The van der Waals surface area contributed by atoms with E-state index in [0.29, 0.717) is 0 Å². The average molecular weight is 423 g/mol. The number of carboxylic acid groups (broad SMARTS) is 2. The van der Waals surface area contributed by atoms with Crippen LogP contribution in [0.2, 0.25) is 0.515 Å². The van der Waals surface area contributed by atoms with Crippen LogP contribution in [0.25, 0.3) is 0 Å². The third kappa shape index (κ3) is 20.8. The molecule has 0 saturated heterocycles. The zero-order chi connectivity index (χ0) is 20.4. The zero-order valence-electron chi connectivity index (χ0n) is 15.9. The molecule has 0 aliphatic carbocycles. The van der Waals surface area contributed by atoms with E-state index in [9.17, 15) is 18.0 Å². The molecule has 1 atom stereocenters. The third-order valence-corrected chi connectivity index (χ3v) is 5.21. The number of rotatable bonds is 15. The van der Waals surface area contributed by atoms with Crippen molar-refractivity contribution in [2.24, 2.45) is 0 Å². The normalized spacial score (nSPS) is 12.2. The number of aliphatic carboxylic acids is 2. The molecule has 0 saturated carbocycles. The number of carboxylic acids is 2. The van der Waals surface area contributed by atoms with Gasteiger partial charge in [0.25, 0.3) is 10.1 Å². The van der Waals surface area contributed by atoms with Gasteiger partial charge in [0.15, 0.2) is 5.25 Å². The van der Waals surface area contributed by atoms with Crippen molar-refractivity contribution in [3.63, 3.8) is 0 Å². The zero-order valence-corrected chi connectivity index (χ0v) is 19.8. The van der Waals surface area contributed by atoms with E-state index in [1.807, 2.05) is 0 Å². The van der Waals surface area contributed by atoms with Gasteiger partial charge in [0.05, 0.1) is 6.42 Å². The van der Waals surface area contributed by atoms with Gasteiger partial charge in [-0.25, -0.2) is 0 Å². The summed E-state index contributed by atoms with van der Waals surface area (Å²) in [6, 6.07) is 0. The van der Waals surface area contributed by atoms with Crippen LogP contribution in [0.5, 0.6) is 0 Å². The molecule has 0 spiro atoms. The van der Waals surface area contributed by atoms with Crippen molar-refractivity contribution >= 4 is 71.0 Å². The third-order valence-electron chi connectivity index (χ3n) is 3.49. The summed E-state index contributed by atoms with van der Waals surface area (Å²) in [7, 11) is -4.84. The van der Waals surface area contributed by atoms with Crippen molar-refractivity contribution in [2.45, 2.75) is 70.5 Å². The predicted octanol–water partition coefficient (Wildman–Crippen LogP) is 2.53. The largest absolute Gasteiger partial charge is 0.481 e. The molecule has 0 bridgehead atoms. The summed E-state index contributed by atoms with van der Waals surface area (Å²) in [4.78, 5) is 20.0. The summed E-state index contributed by atoms with van der Waals surface area (Å²) >= 11 is 0.978. The van der Waals surface area contributed by atoms with Gasteiger partial charge in [0.2, 0.25) is 0 Å². The molecule has 3 N–H and O–H groups in total. The van der Waals surface area contributed by atoms with E-state index in [1.165, 1.54) is 51.9 Å². The van der Waals surface area contributed by atoms with Crippen LogP contribution in [0.3, 0.4) is 0 Å². The number of carbonyl (C=O) groups is 2. The van der Waals surface area contributed by atoms with Crippen LogP contribution >= 0.6 is 0 Å². The minimum atomic E-state index is -4.84. The monoisotopic (exact) mass is 422 g/mol. The van der Waals surface area contributed by atoms with Gasteiger partial charge in [0.1, 0.15) is 0 Å². The van der Waals surface area contributed by atoms with Crippen LogP contribution in [-0.2, 0) is 24.4 Å². The van der Waals surface area contributed by atoms with E-state index in [4.69, 9.17) is 19.5 Å². The van der Waals surface area contributed by atoms with E-state index >= 15 is 0 Å². The first-order chi connectivity index (χ1) is 12.2. The second-order valence-corrected chi connectivity index (χ2v) is 9.19. The summed E-state index contributed by atoms with van der Waals surface area (Å²) in [6.07, 6.45) is 10.00. The summed E-state index contributed by atoms with van der Waals surface area (Å²) < 4.78 is 35.5. The summed E-state index contributed by atoms with van der Waals surface area (Å²) in [5, 5.41) is 13.9. The molecule has 0 aromatic carbocycles. The van der Waals surface area contributed by atoms with Crippen molar-refractivity contribution in [1.82, 2.24) is 0 Å². The molecule has 0 aromatic heterocycles. The average Bonchev–Trinajstić information content (AvgIpc) is 2.53. The molecular formula is C16H31KO8S. The van der Waals surface area contributed by atoms with Gasteiger partial charge in [-0.05, 0) is 0 Å². The summed E-state index contributed by atoms with van der Waals surface area (Å²) in [5.74, 6) is -3.50. The molecule has 150 valence electrons. The maximum Gasteiger partial charge on any atom is 0.325 e. The Morgan fingerprint density at radius 3 is 1.81 bits per heavy atom. The van der Waals surface area contributed by atoms with Crippen LogP contribution in [-0.4, -0.2) is 103 Å². The van der Waals surface area contributed by atoms with Gasteiger partial charge < -0.3 is 10.2 Å². The Hall–Kier alpha value is 0.446. The fourth-order valence-corrected chi connectivity index (χ4v) is 3.12. The molecule has 0 aliphatic rings. The molecule has 0 aromatic rings. The van der Waals surface area contributed by atoms with Gasteiger partial charge in [-0.15, -0.1) is 0 Å². The quantitative estimate of drug-likeness (QED) is 0.208. The van der Waals surface area contributed by atoms with Gasteiger partial charge in [-0.2, -0.15) is 8.42 Å².